The fourth-order valence-electron chi connectivity index (χ4n) is 3.68. The lowest BCUT2D eigenvalue weighted by Crippen LogP contribution is -2.20. The van der Waals surface area contributed by atoms with Gasteiger partial charge in [-0.05, 0) is 53.1 Å². The first-order valence-electron chi connectivity index (χ1n) is 12.4. The highest BCUT2D eigenvalue weighted by molar-refractivity contribution is 8.38. The van der Waals surface area contributed by atoms with Gasteiger partial charge in [-0.15, -0.1) is 5.10 Å². The van der Waals surface area contributed by atoms with Crippen molar-refractivity contribution in [1.29, 1.82) is 0 Å². The molecular formula is C25H23ClFN9O4S2. The van der Waals surface area contributed by atoms with Crippen LogP contribution < -0.4 is 20.6 Å². The number of carbonyl (C=O) groups is 1. The van der Waals surface area contributed by atoms with Gasteiger partial charge in [0, 0.05) is 17.1 Å². The number of carbonyl (C=O) groups excluding carboxylic acids is 1. The summed E-state index contributed by atoms with van der Waals surface area (Å²) in [6.07, 6.45) is 1.43. The van der Waals surface area contributed by atoms with Crippen LogP contribution in [0.4, 0.5) is 10.2 Å². The Balaban J connectivity index is 1.29. The summed E-state index contributed by atoms with van der Waals surface area (Å²) in [5.41, 5.74) is 9.59. The normalized spacial score (nSPS) is 13.0. The smallest absolute Gasteiger partial charge is 0.293 e. The Bertz CT molecular complexity index is 1630. The van der Waals surface area contributed by atoms with Gasteiger partial charge in [-0.1, -0.05) is 46.4 Å². The zero-order valence-electron chi connectivity index (χ0n) is 22.0. The van der Waals surface area contributed by atoms with Gasteiger partial charge in [0.2, 0.25) is 11.6 Å². The minimum atomic E-state index is -0.601. The van der Waals surface area contributed by atoms with Crippen LogP contribution in [0.3, 0.4) is 0 Å². The van der Waals surface area contributed by atoms with Gasteiger partial charge in [0.25, 0.3) is 5.91 Å². The number of nitrogens with one attached hydrogen (secondary N) is 1. The molecule has 13 nitrogen and oxygen atoms in total. The van der Waals surface area contributed by atoms with E-state index in [0.29, 0.717) is 35.1 Å². The zero-order valence-corrected chi connectivity index (χ0v) is 24.4. The molecule has 0 atom stereocenters. The maximum absolute atomic E-state index is 14.1. The maximum Gasteiger partial charge on any atom is 0.293 e. The lowest BCUT2D eigenvalue weighted by atomic mass is 10.2. The van der Waals surface area contributed by atoms with Gasteiger partial charge in [-0.25, -0.2) is 14.4 Å². The minimum absolute atomic E-state index is 0.00163. The molecule has 0 radical (unpaired) electrons. The molecule has 4 aromatic rings. The Hall–Kier alpha value is -4.15. The average molecular weight is 632 g/mol. The van der Waals surface area contributed by atoms with Crippen molar-refractivity contribution >= 4 is 57.4 Å². The molecule has 1 aliphatic heterocycles. The molecular weight excluding hydrogens is 609 g/mol. The number of rotatable bonds is 11. The van der Waals surface area contributed by atoms with Crippen molar-refractivity contribution in [3.05, 3.63) is 69.8 Å². The van der Waals surface area contributed by atoms with E-state index in [1.165, 1.54) is 34.8 Å². The highest BCUT2D eigenvalue weighted by atomic mass is 35.5. The Morgan fingerprint density at radius 3 is 2.93 bits per heavy atom. The van der Waals surface area contributed by atoms with Crippen molar-refractivity contribution in [1.82, 2.24) is 30.7 Å². The molecule has 0 fully saturated rings. The van der Waals surface area contributed by atoms with E-state index in [2.05, 4.69) is 40.8 Å². The Morgan fingerprint density at radius 2 is 2.19 bits per heavy atom. The van der Waals surface area contributed by atoms with Crippen molar-refractivity contribution in [3.63, 3.8) is 0 Å². The van der Waals surface area contributed by atoms with Crippen LogP contribution in [0.1, 0.15) is 34.2 Å². The molecule has 0 aliphatic carbocycles. The number of aliphatic imine (C=N–C) groups is 1. The van der Waals surface area contributed by atoms with Crippen molar-refractivity contribution in [2.24, 2.45) is 10.1 Å². The van der Waals surface area contributed by atoms with E-state index in [4.69, 9.17) is 26.8 Å². The van der Waals surface area contributed by atoms with E-state index in [9.17, 15) is 9.18 Å². The molecule has 0 unspecified atom stereocenters. The fourth-order valence-corrected chi connectivity index (χ4v) is 5.90. The highest BCUT2D eigenvalue weighted by Crippen LogP contribution is 2.31. The van der Waals surface area contributed by atoms with Crippen molar-refractivity contribution in [2.75, 3.05) is 24.6 Å². The van der Waals surface area contributed by atoms with Crippen molar-refractivity contribution < 1.29 is 23.3 Å². The minimum Gasteiger partial charge on any atom is -0.490 e. The van der Waals surface area contributed by atoms with E-state index >= 15 is 0 Å². The van der Waals surface area contributed by atoms with Crippen LogP contribution >= 0.6 is 35.1 Å². The van der Waals surface area contributed by atoms with E-state index in [1.54, 1.807) is 36.0 Å². The van der Waals surface area contributed by atoms with Gasteiger partial charge in [0.15, 0.2) is 17.2 Å². The summed E-state index contributed by atoms with van der Waals surface area (Å²) in [6.45, 7) is 2.84. The number of aromatic nitrogens is 5. The fraction of sp³-hybridized carbons (Fsp3) is 0.240. The lowest BCUT2D eigenvalue weighted by molar-refractivity contribution is 0.0949. The number of anilines is 1. The standard InChI is InChI=1S/C25H23ClFN9O4S2/c1-2-38-20-10-14(6-7-19(20)39-12-15-16(26)4-3-5-17(15)27)11-30-32-24(37)21-18(13-42-25-29-8-9-41-25)36(35-31-21)23-22(28)33-40-34-23/h3-7,10-11H,2,8-9,12-13H2,1H3,(H2,28,33)(H,32,37)/b30-11+. The molecule has 2 aromatic carbocycles. The molecule has 1 aliphatic rings. The predicted molar refractivity (Wildman–Crippen MR) is 158 cm³/mol. The van der Waals surface area contributed by atoms with E-state index in [1.807, 2.05) is 6.92 Å². The van der Waals surface area contributed by atoms with Gasteiger partial charge in [0.05, 0.1) is 30.1 Å². The summed E-state index contributed by atoms with van der Waals surface area (Å²) in [5, 5.41) is 19.7. The molecule has 1 amide bonds. The third-order valence-corrected chi connectivity index (χ3v) is 8.26. The molecule has 42 heavy (non-hydrogen) atoms. The average Bonchev–Trinajstić information content (AvgIpc) is 3.74. The number of thioether (sulfide) groups is 2. The molecule has 3 N–H and O–H groups in total. The van der Waals surface area contributed by atoms with E-state index < -0.39 is 11.7 Å². The number of hydrogen-bond donors (Lipinski definition) is 2. The van der Waals surface area contributed by atoms with Crippen LogP contribution in [0, 0.1) is 5.82 Å². The predicted octanol–water partition coefficient (Wildman–Crippen LogP) is 4.10. The van der Waals surface area contributed by atoms with Gasteiger partial charge < -0.3 is 15.2 Å². The molecule has 2 aromatic heterocycles. The SMILES string of the molecule is CCOc1cc(/C=N/NC(=O)c2nnn(-c3nonc3N)c2CSC2=NCCS2)ccc1OCc1c(F)cccc1Cl. The van der Waals surface area contributed by atoms with E-state index in [0.717, 1.165) is 16.7 Å². The molecule has 0 saturated heterocycles. The number of hydrazone groups is 1. The second-order valence-corrected chi connectivity index (χ2v) is 11.1. The first-order chi connectivity index (χ1) is 20.4. The number of halogens is 2. The van der Waals surface area contributed by atoms with Gasteiger partial charge in [-0.2, -0.15) is 9.78 Å². The van der Waals surface area contributed by atoms with Gasteiger partial charge >= 0.3 is 0 Å². The van der Waals surface area contributed by atoms with Crippen LogP contribution in [0.2, 0.25) is 5.02 Å². The lowest BCUT2D eigenvalue weighted by Gasteiger charge is -2.13. The zero-order chi connectivity index (χ0) is 29.5. The van der Waals surface area contributed by atoms with Crippen LogP contribution in [0.5, 0.6) is 11.5 Å². The molecule has 218 valence electrons. The molecule has 5 rings (SSSR count). The van der Waals surface area contributed by atoms with Crippen LogP contribution in [-0.4, -0.2) is 60.7 Å². The van der Waals surface area contributed by atoms with E-state index in [-0.39, 0.29) is 34.5 Å². The quantitative estimate of drug-likeness (QED) is 0.181. The largest absolute Gasteiger partial charge is 0.490 e. The molecule has 0 spiro atoms. The number of benzene rings is 2. The number of ether oxygens (including phenoxy) is 2. The number of nitrogen functional groups attached to an aromatic ring is 1. The molecule has 17 heteroatoms. The summed E-state index contributed by atoms with van der Waals surface area (Å²) in [4.78, 5) is 17.5. The summed E-state index contributed by atoms with van der Waals surface area (Å²) >= 11 is 9.18. The van der Waals surface area contributed by atoms with Crippen LogP contribution in [0.15, 0.2) is 51.1 Å². The Labute approximate surface area is 252 Å². The number of amides is 1. The Morgan fingerprint density at radius 1 is 1.31 bits per heavy atom. The number of nitrogens with zero attached hydrogens (tertiary/aromatic N) is 7. The van der Waals surface area contributed by atoms with Crippen LogP contribution in [-0.2, 0) is 12.4 Å². The van der Waals surface area contributed by atoms with Crippen molar-refractivity contribution in [3.8, 4) is 17.3 Å². The second kappa shape index (κ2) is 13.7. The third-order valence-electron chi connectivity index (χ3n) is 5.65. The summed E-state index contributed by atoms with van der Waals surface area (Å²) in [7, 11) is 0. The van der Waals surface area contributed by atoms with Gasteiger partial charge in [-0.3, -0.25) is 9.79 Å². The first kappa shape index (κ1) is 29.3. The first-order valence-corrected chi connectivity index (χ1v) is 14.8. The summed E-state index contributed by atoms with van der Waals surface area (Å²) in [5.74, 6) is 1.07. The summed E-state index contributed by atoms with van der Waals surface area (Å²) in [6, 6.07) is 9.47. The molecule has 0 saturated carbocycles. The van der Waals surface area contributed by atoms with Crippen LogP contribution in [0.25, 0.3) is 5.82 Å². The molecule has 0 bridgehead atoms. The second-order valence-electron chi connectivity index (χ2n) is 8.38. The monoisotopic (exact) mass is 631 g/mol. The maximum atomic E-state index is 14.1. The highest BCUT2D eigenvalue weighted by Gasteiger charge is 2.25. The summed E-state index contributed by atoms with van der Waals surface area (Å²) < 4.78 is 32.5. The van der Waals surface area contributed by atoms with Gasteiger partial charge in [0.1, 0.15) is 16.8 Å². The molecule has 3 heterocycles. The third kappa shape index (κ3) is 6.83. The number of hydrogen-bond acceptors (Lipinski definition) is 13. The Kier molecular flexibility index (Phi) is 9.55. The number of nitrogens with two attached hydrogens (primary N) is 1. The topological polar surface area (TPSA) is 168 Å². The van der Waals surface area contributed by atoms with Crippen molar-refractivity contribution in [2.45, 2.75) is 19.3 Å².